The topological polar surface area (TPSA) is 181 Å². The predicted octanol–water partition coefficient (Wildman–Crippen LogP) is 5.39. The van der Waals surface area contributed by atoms with E-state index in [0.717, 1.165) is 25.7 Å². The number of nitrogens with one attached hydrogen (secondary N) is 2. The number of pyridine rings is 1. The maximum atomic E-state index is 13.3. The van der Waals surface area contributed by atoms with E-state index in [9.17, 15) is 9.59 Å². The molecule has 40 heavy (non-hydrogen) atoms. The number of nitrogens with zero attached hydrogens (tertiary/aromatic N) is 7. The summed E-state index contributed by atoms with van der Waals surface area (Å²) in [6.45, 7) is 3.42. The molecule has 0 saturated heterocycles. The minimum absolute atomic E-state index is 0.00655. The summed E-state index contributed by atoms with van der Waals surface area (Å²) in [4.78, 5) is 36.6. The summed E-state index contributed by atoms with van der Waals surface area (Å²) in [5.74, 6) is -0.714. The van der Waals surface area contributed by atoms with E-state index in [-0.39, 0.29) is 31.1 Å². The summed E-state index contributed by atoms with van der Waals surface area (Å²) in [5, 5.41) is 10.2. The molecule has 14 heteroatoms. The molecule has 2 aliphatic rings. The third-order valence-electron chi connectivity index (χ3n) is 7.73. The fraction of sp³-hybridized carbons (Fsp3) is 0.538. The molecule has 0 bridgehead atoms. The fourth-order valence-electron chi connectivity index (χ4n) is 5.54. The molecule has 1 aromatic heterocycles. The zero-order valence-corrected chi connectivity index (χ0v) is 24.5. The first-order chi connectivity index (χ1) is 19.1. The Labute approximate surface area is 239 Å². The highest BCUT2D eigenvalue weighted by Gasteiger charge is 2.50. The number of ether oxygens (including phenoxy) is 2. The SMILES string of the molecule is Cc1cc(CN=[N+]=[N-])c(CNC(=O)c2cc(Br)c3c(c2C)OC(CN=[N+]=[N-])(C2CCC(N(C)C)CC2)O3)c(=O)[nH]1. The van der Waals surface area contributed by atoms with Crippen molar-refractivity contribution in [2.75, 3.05) is 20.6 Å². The average Bonchev–Trinajstić information content (AvgIpc) is 3.34. The number of aryl methyl sites for hydroxylation is 1. The van der Waals surface area contributed by atoms with Gasteiger partial charge < -0.3 is 24.7 Å². The molecule has 2 aromatic rings. The third-order valence-corrected chi connectivity index (χ3v) is 8.32. The van der Waals surface area contributed by atoms with Crippen LogP contribution in [0.4, 0.5) is 0 Å². The number of carbonyl (C=O) groups is 1. The van der Waals surface area contributed by atoms with Gasteiger partial charge in [-0.1, -0.05) is 10.2 Å². The molecule has 1 fully saturated rings. The van der Waals surface area contributed by atoms with Crippen LogP contribution in [-0.2, 0) is 13.1 Å². The Kier molecular flexibility index (Phi) is 8.95. The van der Waals surface area contributed by atoms with Gasteiger partial charge in [0.05, 0.1) is 11.0 Å². The van der Waals surface area contributed by atoms with Crippen molar-refractivity contribution < 1.29 is 14.3 Å². The van der Waals surface area contributed by atoms with Crippen molar-refractivity contribution in [2.45, 2.75) is 64.4 Å². The van der Waals surface area contributed by atoms with Crippen LogP contribution < -0.4 is 20.3 Å². The molecular weight excluding hydrogens is 582 g/mol. The number of carbonyl (C=O) groups excluding carboxylic acids is 1. The number of halogens is 1. The standard InChI is InChI=1S/C26H32BrN9O4/c1-14-9-16(11-31-34-28)20(25(38)33-14)12-30-24(37)19-10-21(27)23-22(15(19)2)39-26(40-23,13-32-35-29)17-5-7-18(8-6-17)36(3)4/h9-10,17-18H,5-8,11-13H2,1-4H3,(H,30,37)(H,33,38). The number of amides is 1. The lowest BCUT2D eigenvalue weighted by Gasteiger charge is -2.40. The van der Waals surface area contributed by atoms with Gasteiger partial charge in [-0.05, 0) is 98.3 Å². The zero-order valence-electron chi connectivity index (χ0n) is 22.9. The van der Waals surface area contributed by atoms with E-state index in [1.807, 2.05) is 0 Å². The molecule has 1 saturated carbocycles. The first-order valence-corrected chi connectivity index (χ1v) is 13.8. The van der Waals surface area contributed by atoms with Crippen LogP contribution in [-0.4, -0.2) is 48.3 Å². The lowest BCUT2D eigenvalue weighted by Crippen LogP contribution is -2.51. The lowest BCUT2D eigenvalue weighted by molar-refractivity contribution is -0.130. The van der Waals surface area contributed by atoms with Gasteiger partial charge in [0.15, 0.2) is 11.5 Å². The first kappa shape index (κ1) is 29.3. The minimum atomic E-state index is -1.17. The lowest BCUT2D eigenvalue weighted by atomic mass is 9.80. The van der Waals surface area contributed by atoms with E-state index >= 15 is 0 Å². The average molecular weight is 615 g/mol. The van der Waals surface area contributed by atoms with Gasteiger partial charge in [-0.3, -0.25) is 9.59 Å². The second-order valence-corrected chi connectivity index (χ2v) is 11.3. The van der Waals surface area contributed by atoms with Gasteiger partial charge in [-0.25, -0.2) is 0 Å². The van der Waals surface area contributed by atoms with Gasteiger partial charge in [0.25, 0.3) is 17.3 Å². The minimum Gasteiger partial charge on any atom is -0.448 e. The summed E-state index contributed by atoms with van der Waals surface area (Å²) in [5.41, 5.74) is 19.8. The normalized spacial score (nSPS) is 21.4. The third kappa shape index (κ3) is 5.90. The van der Waals surface area contributed by atoms with Gasteiger partial charge >= 0.3 is 0 Å². The number of hydrogen-bond acceptors (Lipinski definition) is 7. The second-order valence-electron chi connectivity index (χ2n) is 10.4. The highest BCUT2D eigenvalue weighted by atomic mass is 79.9. The van der Waals surface area contributed by atoms with E-state index in [4.69, 9.17) is 20.5 Å². The summed E-state index contributed by atoms with van der Waals surface area (Å²) in [6, 6.07) is 3.84. The van der Waals surface area contributed by atoms with Crippen molar-refractivity contribution in [3.05, 3.63) is 75.8 Å². The van der Waals surface area contributed by atoms with Crippen LogP contribution in [0.1, 0.15) is 58.4 Å². The Bertz CT molecular complexity index is 1460. The molecule has 1 aliphatic heterocycles. The smallest absolute Gasteiger partial charge is 0.260 e. The van der Waals surface area contributed by atoms with Crippen LogP contribution in [0.15, 0.2) is 31.6 Å². The Morgan fingerprint density at radius 2 is 1.82 bits per heavy atom. The maximum Gasteiger partial charge on any atom is 0.260 e. The quantitative estimate of drug-likeness (QED) is 0.218. The van der Waals surface area contributed by atoms with Gasteiger partial charge in [-0.2, -0.15) is 0 Å². The summed E-state index contributed by atoms with van der Waals surface area (Å²) >= 11 is 3.53. The Morgan fingerprint density at radius 3 is 2.48 bits per heavy atom. The molecule has 0 radical (unpaired) electrons. The molecule has 13 nitrogen and oxygen atoms in total. The molecule has 0 spiro atoms. The molecule has 1 amide bonds. The summed E-state index contributed by atoms with van der Waals surface area (Å²) in [6.07, 6.45) is 3.61. The van der Waals surface area contributed by atoms with E-state index in [1.54, 1.807) is 26.0 Å². The van der Waals surface area contributed by atoms with Gasteiger partial charge in [0.2, 0.25) is 0 Å². The van der Waals surface area contributed by atoms with Crippen molar-refractivity contribution in [3.63, 3.8) is 0 Å². The van der Waals surface area contributed by atoms with E-state index in [2.05, 4.69) is 65.3 Å². The molecule has 2 heterocycles. The van der Waals surface area contributed by atoms with Crippen LogP contribution in [0.2, 0.25) is 0 Å². The molecule has 1 atom stereocenters. The Balaban J connectivity index is 1.59. The van der Waals surface area contributed by atoms with Crippen molar-refractivity contribution in [3.8, 4) is 11.5 Å². The molecule has 4 rings (SSSR count). The van der Waals surface area contributed by atoms with E-state index < -0.39 is 11.7 Å². The van der Waals surface area contributed by atoms with Crippen LogP contribution in [0.25, 0.3) is 20.9 Å². The molecule has 1 unspecified atom stereocenters. The van der Waals surface area contributed by atoms with Gasteiger partial charge in [-0.15, -0.1) is 0 Å². The number of fused-ring (bicyclic) bond motifs is 1. The van der Waals surface area contributed by atoms with E-state index in [1.165, 1.54) is 0 Å². The highest BCUT2D eigenvalue weighted by Crippen LogP contribution is 2.52. The number of azide groups is 2. The van der Waals surface area contributed by atoms with Crippen molar-refractivity contribution in [1.29, 1.82) is 0 Å². The van der Waals surface area contributed by atoms with Crippen LogP contribution in [0.5, 0.6) is 11.5 Å². The van der Waals surface area contributed by atoms with E-state index in [0.29, 0.717) is 50.0 Å². The number of hydrogen-bond donors (Lipinski definition) is 2. The number of H-pyrrole nitrogens is 1. The molecule has 1 aromatic carbocycles. The summed E-state index contributed by atoms with van der Waals surface area (Å²) < 4.78 is 13.4. The van der Waals surface area contributed by atoms with Crippen LogP contribution in [0, 0.1) is 19.8 Å². The van der Waals surface area contributed by atoms with Crippen molar-refractivity contribution in [1.82, 2.24) is 15.2 Å². The van der Waals surface area contributed by atoms with Crippen LogP contribution >= 0.6 is 15.9 Å². The molecule has 1 aliphatic carbocycles. The second kappa shape index (κ2) is 12.2. The number of aromatic amines is 1. The predicted molar refractivity (Wildman–Crippen MR) is 152 cm³/mol. The van der Waals surface area contributed by atoms with Crippen molar-refractivity contribution in [2.24, 2.45) is 16.1 Å². The number of benzene rings is 1. The molecule has 212 valence electrons. The highest BCUT2D eigenvalue weighted by molar-refractivity contribution is 9.10. The monoisotopic (exact) mass is 613 g/mol. The number of aromatic nitrogens is 1. The fourth-order valence-corrected chi connectivity index (χ4v) is 6.03. The summed E-state index contributed by atoms with van der Waals surface area (Å²) in [7, 11) is 4.14. The Hall–Kier alpha value is -3.70. The molecular formula is C26H32BrN9O4. The largest absolute Gasteiger partial charge is 0.448 e. The van der Waals surface area contributed by atoms with Crippen molar-refractivity contribution >= 4 is 21.8 Å². The Morgan fingerprint density at radius 1 is 1.15 bits per heavy atom. The van der Waals surface area contributed by atoms with Gasteiger partial charge in [0, 0.05) is 50.7 Å². The zero-order chi connectivity index (χ0) is 29.0. The number of rotatable bonds is 9. The van der Waals surface area contributed by atoms with Crippen LogP contribution in [0.3, 0.4) is 0 Å². The maximum absolute atomic E-state index is 13.3. The van der Waals surface area contributed by atoms with Gasteiger partial charge in [0.1, 0.15) is 6.54 Å². The molecule has 2 N–H and O–H groups in total. The first-order valence-electron chi connectivity index (χ1n) is 13.0.